The number of hydrogen-bond donors (Lipinski definition) is 0. The van der Waals surface area contributed by atoms with Crippen LogP contribution in [0.25, 0.3) is 21.5 Å². The molecule has 0 spiro atoms. The van der Waals surface area contributed by atoms with E-state index in [4.69, 9.17) is 0 Å². The SMILES string of the molecule is CP(C)c1ccc2ccccc2c1S(=O)(=O)c1c(P(C)C)ccc2ccccc12. The van der Waals surface area contributed by atoms with E-state index in [-0.39, 0.29) is 0 Å². The molecule has 0 aliphatic carbocycles. The number of hydrogen-bond acceptors (Lipinski definition) is 2. The van der Waals surface area contributed by atoms with Gasteiger partial charge in [-0.2, -0.15) is 0 Å². The quantitative estimate of drug-likeness (QED) is 0.391. The molecule has 4 aromatic rings. The van der Waals surface area contributed by atoms with E-state index in [9.17, 15) is 8.42 Å². The van der Waals surface area contributed by atoms with Crippen LogP contribution in [-0.4, -0.2) is 35.1 Å². The van der Waals surface area contributed by atoms with E-state index in [0.29, 0.717) is 9.79 Å². The van der Waals surface area contributed by atoms with E-state index in [1.807, 2.05) is 72.8 Å². The largest absolute Gasteiger partial charge is 0.218 e. The van der Waals surface area contributed by atoms with Gasteiger partial charge in [-0.15, -0.1) is 0 Å². The summed E-state index contributed by atoms with van der Waals surface area (Å²) in [6.45, 7) is 8.48. The lowest BCUT2D eigenvalue weighted by Crippen LogP contribution is -2.20. The van der Waals surface area contributed by atoms with Gasteiger partial charge in [0.2, 0.25) is 9.84 Å². The second-order valence-corrected chi connectivity index (χ2v) is 13.9. The summed E-state index contributed by atoms with van der Waals surface area (Å²) in [5, 5.41) is 5.43. The van der Waals surface area contributed by atoms with E-state index in [0.717, 1.165) is 32.2 Å². The summed E-state index contributed by atoms with van der Waals surface area (Å²) < 4.78 is 28.7. The molecule has 0 aromatic heterocycles. The van der Waals surface area contributed by atoms with Gasteiger partial charge < -0.3 is 0 Å². The first kappa shape index (κ1) is 20.5. The molecule has 0 radical (unpaired) electrons. The van der Waals surface area contributed by atoms with Crippen LogP contribution in [0.4, 0.5) is 0 Å². The number of sulfone groups is 1. The van der Waals surface area contributed by atoms with Crippen molar-refractivity contribution in [3.05, 3.63) is 72.8 Å². The Morgan fingerprint density at radius 3 is 1.31 bits per heavy atom. The van der Waals surface area contributed by atoms with Crippen molar-refractivity contribution in [2.24, 2.45) is 0 Å². The molecule has 29 heavy (non-hydrogen) atoms. The molecule has 0 fully saturated rings. The van der Waals surface area contributed by atoms with Gasteiger partial charge in [0.25, 0.3) is 0 Å². The van der Waals surface area contributed by atoms with Crippen LogP contribution in [0.5, 0.6) is 0 Å². The van der Waals surface area contributed by atoms with Crippen molar-refractivity contribution < 1.29 is 8.42 Å². The van der Waals surface area contributed by atoms with Crippen molar-refractivity contribution in [3.63, 3.8) is 0 Å². The van der Waals surface area contributed by atoms with Crippen molar-refractivity contribution in [1.29, 1.82) is 0 Å². The number of rotatable bonds is 4. The highest BCUT2D eigenvalue weighted by molar-refractivity contribution is 7.93. The van der Waals surface area contributed by atoms with E-state index < -0.39 is 25.7 Å². The first-order chi connectivity index (χ1) is 13.8. The molecule has 0 saturated carbocycles. The molecule has 0 bridgehead atoms. The van der Waals surface area contributed by atoms with Gasteiger partial charge in [-0.1, -0.05) is 88.6 Å². The molecular weight excluding hydrogens is 414 g/mol. The molecule has 0 unspecified atom stereocenters. The maximum atomic E-state index is 14.3. The maximum absolute atomic E-state index is 14.3. The van der Waals surface area contributed by atoms with Crippen LogP contribution in [-0.2, 0) is 9.84 Å². The van der Waals surface area contributed by atoms with E-state index in [1.54, 1.807) is 0 Å². The summed E-state index contributed by atoms with van der Waals surface area (Å²) in [6.07, 6.45) is 0. The van der Waals surface area contributed by atoms with Gasteiger partial charge in [-0.25, -0.2) is 8.42 Å². The zero-order chi connectivity index (χ0) is 20.8. The standard InChI is InChI=1S/C24H24O2P2S/c1-27(2)21-15-13-17-9-5-7-11-19(17)23(21)29(25,26)24-20-12-8-6-10-18(20)14-16-22(24)28(3)4/h5-16H,1-4H3. The first-order valence-corrected chi connectivity index (χ1v) is 15.4. The smallest absolute Gasteiger partial charge is 0.209 e. The molecule has 5 heteroatoms. The average molecular weight is 438 g/mol. The predicted molar refractivity (Wildman–Crippen MR) is 130 cm³/mol. The molecule has 0 amide bonds. The van der Waals surface area contributed by atoms with Gasteiger partial charge in [0, 0.05) is 10.8 Å². The Morgan fingerprint density at radius 2 is 0.931 bits per heavy atom. The van der Waals surface area contributed by atoms with Crippen LogP contribution in [0.3, 0.4) is 0 Å². The van der Waals surface area contributed by atoms with Crippen LogP contribution < -0.4 is 10.6 Å². The normalized spacial score (nSPS) is 12.3. The highest BCUT2D eigenvalue weighted by atomic mass is 32.2. The molecule has 0 atom stereocenters. The fourth-order valence-corrected chi connectivity index (χ4v) is 9.29. The van der Waals surface area contributed by atoms with E-state index in [2.05, 4.69) is 26.7 Å². The van der Waals surface area contributed by atoms with Gasteiger partial charge in [0.15, 0.2) is 0 Å². The fourth-order valence-electron chi connectivity index (χ4n) is 3.83. The van der Waals surface area contributed by atoms with Crippen LogP contribution in [0.15, 0.2) is 82.6 Å². The third-order valence-electron chi connectivity index (χ3n) is 5.22. The highest BCUT2D eigenvalue weighted by Crippen LogP contribution is 2.39. The van der Waals surface area contributed by atoms with Gasteiger partial charge in [0.1, 0.15) is 0 Å². The van der Waals surface area contributed by atoms with Gasteiger partial charge >= 0.3 is 0 Å². The van der Waals surface area contributed by atoms with Gasteiger partial charge in [-0.05, 0) is 48.0 Å². The van der Waals surface area contributed by atoms with Crippen molar-refractivity contribution in [2.45, 2.75) is 9.79 Å². The summed E-state index contributed by atoms with van der Waals surface area (Å²) in [6, 6.07) is 23.7. The van der Waals surface area contributed by atoms with Crippen molar-refractivity contribution >= 4 is 57.8 Å². The molecule has 0 saturated heterocycles. The Kier molecular flexibility index (Phi) is 5.51. The summed E-state index contributed by atoms with van der Waals surface area (Å²) >= 11 is 0. The molecule has 0 aliphatic heterocycles. The monoisotopic (exact) mass is 438 g/mol. The topological polar surface area (TPSA) is 34.1 Å². The molecule has 0 aliphatic rings. The van der Waals surface area contributed by atoms with Crippen LogP contribution in [0.2, 0.25) is 0 Å². The summed E-state index contributed by atoms with van der Waals surface area (Å²) in [5.41, 5.74) is 0. The molecule has 4 aromatic carbocycles. The van der Waals surface area contributed by atoms with Crippen molar-refractivity contribution in [2.75, 3.05) is 26.7 Å². The Labute approximate surface area is 175 Å². The Morgan fingerprint density at radius 1 is 0.552 bits per heavy atom. The zero-order valence-electron chi connectivity index (χ0n) is 17.0. The third kappa shape index (κ3) is 3.50. The minimum absolute atomic E-state index is 0.487. The van der Waals surface area contributed by atoms with Gasteiger partial charge in [-0.3, -0.25) is 0 Å². The predicted octanol–water partition coefficient (Wildman–Crippen LogP) is 5.56. The minimum atomic E-state index is -3.71. The summed E-state index contributed by atoms with van der Waals surface area (Å²) in [5.74, 6) is 0. The molecule has 2 nitrogen and oxygen atoms in total. The van der Waals surface area contributed by atoms with Crippen LogP contribution >= 0.6 is 15.8 Å². The lowest BCUT2D eigenvalue weighted by Gasteiger charge is -2.21. The van der Waals surface area contributed by atoms with E-state index in [1.165, 1.54) is 0 Å². The first-order valence-electron chi connectivity index (χ1n) is 9.45. The minimum Gasteiger partial charge on any atom is -0.218 e. The molecule has 4 rings (SSSR count). The fraction of sp³-hybridized carbons (Fsp3) is 0.167. The Bertz CT molecular complexity index is 1230. The van der Waals surface area contributed by atoms with E-state index >= 15 is 0 Å². The average Bonchev–Trinajstić information content (AvgIpc) is 2.71. The summed E-state index contributed by atoms with van der Waals surface area (Å²) in [7, 11) is -4.88. The molecular formula is C24H24O2P2S. The third-order valence-corrected chi connectivity index (χ3v) is 10.1. The molecule has 148 valence electrons. The zero-order valence-corrected chi connectivity index (χ0v) is 19.7. The van der Waals surface area contributed by atoms with Crippen molar-refractivity contribution in [1.82, 2.24) is 0 Å². The lowest BCUT2D eigenvalue weighted by atomic mass is 10.1. The molecule has 0 N–H and O–H groups in total. The second kappa shape index (κ2) is 7.80. The number of benzene rings is 4. The van der Waals surface area contributed by atoms with Crippen molar-refractivity contribution in [3.8, 4) is 0 Å². The van der Waals surface area contributed by atoms with Crippen LogP contribution in [0.1, 0.15) is 0 Å². The second-order valence-electron chi connectivity index (χ2n) is 7.56. The van der Waals surface area contributed by atoms with Crippen LogP contribution in [0, 0.1) is 0 Å². The number of fused-ring (bicyclic) bond motifs is 2. The Hall–Kier alpha value is -1.79. The lowest BCUT2D eigenvalue weighted by molar-refractivity contribution is 0.599. The summed E-state index contributed by atoms with van der Waals surface area (Å²) in [4.78, 5) is 0.974. The van der Waals surface area contributed by atoms with Gasteiger partial charge in [0.05, 0.1) is 9.79 Å². The Balaban J connectivity index is 2.18. The molecule has 0 heterocycles. The highest BCUT2D eigenvalue weighted by Gasteiger charge is 2.30. The maximum Gasteiger partial charge on any atom is 0.209 e.